The van der Waals surface area contributed by atoms with Gasteiger partial charge in [-0.3, -0.25) is 0 Å². The summed E-state index contributed by atoms with van der Waals surface area (Å²) in [6.07, 6.45) is 0. The van der Waals surface area contributed by atoms with Gasteiger partial charge in [0.05, 0.1) is 11.5 Å². The zero-order valence-corrected chi connectivity index (χ0v) is 9.14. The first kappa shape index (κ1) is 13.6. The molecular weight excluding hydrogens is 228 g/mol. The number of hydrogen-bond acceptors (Lipinski definition) is 4. The van der Waals surface area contributed by atoms with Gasteiger partial charge < -0.3 is 21.7 Å². The lowest BCUT2D eigenvalue weighted by Gasteiger charge is -2.03. The van der Waals surface area contributed by atoms with Gasteiger partial charge in [-0.15, -0.1) is 0 Å². The highest BCUT2D eigenvalue weighted by Crippen LogP contribution is 2.21. The van der Waals surface area contributed by atoms with Crippen molar-refractivity contribution >= 4 is 33.5 Å². The van der Waals surface area contributed by atoms with E-state index < -0.39 is 24.0 Å². The average molecular weight is 242 g/mol. The lowest BCUT2D eigenvalue weighted by atomic mass is 10.4. The second-order valence-electron chi connectivity index (χ2n) is 2.64. The van der Waals surface area contributed by atoms with Crippen LogP contribution < -0.4 is 11.5 Å². The Morgan fingerprint density at radius 1 is 1.00 bits per heavy atom. The largest absolute Gasteiger partial charge is 0.477 e. The van der Waals surface area contributed by atoms with Gasteiger partial charge in [-0.2, -0.15) is 0 Å². The zero-order chi connectivity index (χ0) is 11.1. The predicted octanol–water partition coefficient (Wildman–Crippen LogP) is -2.24. The van der Waals surface area contributed by atoms with Gasteiger partial charge in [0.15, 0.2) is 12.1 Å². The summed E-state index contributed by atoms with van der Waals surface area (Å²) < 4.78 is 0. The van der Waals surface area contributed by atoms with E-state index in [9.17, 15) is 9.59 Å². The van der Waals surface area contributed by atoms with Crippen molar-refractivity contribution in [3.8, 4) is 0 Å². The minimum absolute atomic E-state index is 0.367. The molecule has 0 spiro atoms. The van der Waals surface area contributed by atoms with Crippen LogP contribution in [0, 0.1) is 0 Å². The lowest BCUT2D eigenvalue weighted by Crippen LogP contribution is -2.66. The summed E-state index contributed by atoms with van der Waals surface area (Å²) in [6, 6.07) is -1.30. The number of carboxylic acids is 2. The maximum Gasteiger partial charge on any atom is 0.363 e. The van der Waals surface area contributed by atoms with Gasteiger partial charge >= 0.3 is 11.9 Å². The molecule has 0 unspecified atom stereocenters. The first-order valence-corrected chi connectivity index (χ1v) is 6.30. The van der Waals surface area contributed by atoms with Crippen LogP contribution in [0.25, 0.3) is 0 Å². The minimum atomic E-state index is -0.942. The lowest BCUT2D eigenvalue weighted by molar-refractivity contribution is -0.400. The molecule has 0 heterocycles. The highest BCUT2D eigenvalue weighted by Gasteiger charge is 2.18. The second-order valence-corrected chi connectivity index (χ2v) is 5.19. The molecule has 0 aromatic heterocycles. The summed E-state index contributed by atoms with van der Waals surface area (Å²) in [4.78, 5) is 20.7. The third kappa shape index (κ3) is 6.08. The van der Waals surface area contributed by atoms with Crippen molar-refractivity contribution in [3.63, 3.8) is 0 Å². The van der Waals surface area contributed by atoms with Gasteiger partial charge in [-0.05, 0) is 0 Å². The van der Waals surface area contributed by atoms with E-state index in [1.165, 1.54) is 21.6 Å². The molecule has 0 bridgehead atoms. The number of rotatable bonds is 7. The summed E-state index contributed by atoms with van der Waals surface area (Å²) in [5.41, 5.74) is 6.85. The number of aliphatic carboxylic acids is 2. The molecule has 0 fully saturated rings. The molecule has 8 N–H and O–H groups in total. The molecule has 0 aliphatic rings. The van der Waals surface area contributed by atoms with Crippen LogP contribution >= 0.6 is 21.6 Å². The van der Waals surface area contributed by atoms with Crippen LogP contribution in [0.15, 0.2) is 0 Å². The first-order chi connectivity index (χ1) is 6.45. The molecule has 0 radical (unpaired) electrons. The quantitative estimate of drug-likeness (QED) is 0.295. The van der Waals surface area contributed by atoms with E-state index in [2.05, 4.69) is 11.5 Å². The molecule has 0 aliphatic heterocycles. The van der Waals surface area contributed by atoms with Gasteiger partial charge in [-0.25, -0.2) is 9.59 Å². The molecule has 0 aromatic carbocycles. The van der Waals surface area contributed by atoms with E-state index in [1.807, 2.05) is 0 Å². The fraction of sp³-hybridized carbons (Fsp3) is 0.667. The fourth-order valence-corrected chi connectivity index (χ4v) is 2.77. The molecule has 14 heavy (non-hydrogen) atoms. The minimum Gasteiger partial charge on any atom is -0.477 e. The first-order valence-electron chi connectivity index (χ1n) is 3.81. The van der Waals surface area contributed by atoms with Crippen molar-refractivity contribution in [3.05, 3.63) is 0 Å². The molecule has 6 nitrogen and oxygen atoms in total. The van der Waals surface area contributed by atoms with Gasteiger partial charge in [0.1, 0.15) is 0 Å². The smallest absolute Gasteiger partial charge is 0.363 e. The molecular formula is C6H14N2O4S2+2. The number of quaternary nitrogens is 2. The van der Waals surface area contributed by atoms with E-state index in [4.69, 9.17) is 10.2 Å². The molecule has 0 aromatic rings. The van der Waals surface area contributed by atoms with Crippen LogP contribution in [0.1, 0.15) is 0 Å². The molecule has 0 amide bonds. The van der Waals surface area contributed by atoms with Crippen LogP contribution in [0.4, 0.5) is 0 Å². The van der Waals surface area contributed by atoms with Crippen molar-refractivity contribution < 1.29 is 31.3 Å². The zero-order valence-electron chi connectivity index (χ0n) is 7.51. The molecule has 8 heteroatoms. The Hall–Kier alpha value is -0.440. The SMILES string of the molecule is [NH3+][C@@H](CSSC[C@H]([NH3+])C(=O)O)C(=O)O. The van der Waals surface area contributed by atoms with Crippen LogP contribution in [0.2, 0.25) is 0 Å². The van der Waals surface area contributed by atoms with E-state index in [0.29, 0.717) is 11.5 Å². The summed E-state index contributed by atoms with van der Waals surface area (Å²) in [5.74, 6) is -1.15. The number of carboxylic acid groups (broad SMARTS) is 2. The summed E-state index contributed by atoms with van der Waals surface area (Å²) in [7, 11) is 2.61. The second kappa shape index (κ2) is 6.93. The molecule has 2 atom stereocenters. The molecule has 0 saturated heterocycles. The van der Waals surface area contributed by atoms with Crippen molar-refractivity contribution in [2.75, 3.05) is 11.5 Å². The van der Waals surface area contributed by atoms with Gasteiger partial charge in [0, 0.05) is 0 Å². The Bertz CT molecular complexity index is 192. The standard InChI is InChI=1S/C6H12N2O4S2/c7-3(5(9)10)1-13-14-2-4(8)6(11)12/h3-4H,1-2,7-8H2,(H,9,10)(H,11,12)/p+2/t3-,4-/m0/s1. The van der Waals surface area contributed by atoms with Crippen molar-refractivity contribution in [1.29, 1.82) is 0 Å². The summed E-state index contributed by atoms with van der Waals surface area (Å²) in [6.45, 7) is 0. The highest BCUT2D eigenvalue weighted by molar-refractivity contribution is 8.76. The van der Waals surface area contributed by atoms with Gasteiger partial charge in [-0.1, -0.05) is 21.6 Å². The van der Waals surface area contributed by atoms with Crippen LogP contribution in [-0.2, 0) is 9.59 Å². The van der Waals surface area contributed by atoms with Crippen LogP contribution in [0.3, 0.4) is 0 Å². The Balaban J connectivity index is 3.47. The topological polar surface area (TPSA) is 130 Å². The third-order valence-corrected chi connectivity index (χ3v) is 3.88. The molecule has 0 saturated carbocycles. The molecule has 0 aliphatic carbocycles. The van der Waals surface area contributed by atoms with E-state index in [0.717, 1.165) is 0 Å². The number of hydrogen-bond donors (Lipinski definition) is 4. The van der Waals surface area contributed by atoms with Crippen LogP contribution in [0.5, 0.6) is 0 Å². The van der Waals surface area contributed by atoms with E-state index in [-0.39, 0.29) is 0 Å². The van der Waals surface area contributed by atoms with Crippen molar-refractivity contribution in [2.24, 2.45) is 0 Å². The maximum absolute atomic E-state index is 10.3. The van der Waals surface area contributed by atoms with Crippen LogP contribution in [-0.4, -0.2) is 45.7 Å². The monoisotopic (exact) mass is 242 g/mol. The Kier molecular flexibility index (Phi) is 6.71. The summed E-state index contributed by atoms with van der Waals surface area (Å²) in [5, 5.41) is 17.0. The van der Waals surface area contributed by atoms with E-state index in [1.54, 1.807) is 0 Å². The third-order valence-electron chi connectivity index (χ3n) is 1.32. The Morgan fingerprint density at radius 3 is 1.50 bits per heavy atom. The van der Waals surface area contributed by atoms with Gasteiger partial charge in [0.25, 0.3) is 0 Å². The molecule has 0 rings (SSSR count). The van der Waals surface area contributed by atoms with Gasteiger partial charge in [0.2, 0.25) is 0 Å². The van der Waals surface area contributed by atoms with E-state index >= 15 is 0 Å². The highest BCUT2D eigenvalue weighted by atomic mass is 33.1. The predicted molar refractivity (Wildman–Crippen MR) is 53.5 cm³/mol. The van der Waals surface area contributed by atoms with Crippen molar-refractivity contribution in [2.45, 2.75) is 12.1 Å². The fourth-order valence-electron chi connectivity index (χ4n) is 0.403. The Morgan fingerprint density at radius 2 is 1.29 bits per heavy atom. The maximum atomic E-state index is 10.3. The van der Waals surface area contributed by atoms with Crippen molar-refractivity contribution in [1.82, 2.24) is 0 Å². The molecule has 82 valence electrons. The summed E-state index contributed by atoms with van der Waals surface area (Å²) >= 11 is 0. The number of carbonyl (C=O) groups is 2. The normalized spacial score (nSPS) is 14.7. The Labute approximate surface area is 88.8 Å². The average Bonchev–Trinajstić information content (AvgIpc) is 2.11.